The number of nitrogens with one attached hydrogen (secondary N) is 1. The Labute approximate surface area is 163 Å². The van der Waals surface area contributed by atoms with Crippen molar-refractivity contribution in [1.29, 1.82) is 0 Å². The SMILES string of the molecule is CCCCc1ccc(NC(=O)CSc2ccc(-c3cccnc3)nn2)cc1. The number of pyridine rings is 1. The molecule has 6 heteroatoms. The number of hydrogen-bond acceptors (Lipinski definition) is 5. The first kappa shape index (κ1) is 19.0. The molecular weight excluding hydrogens is 356 g/mol. The number of unbranched alkanes of at least 4 members (excludes halogenated alkanes) is 1. The maximum absolute atomic E-state index is 12.1. The molecular formula is C21H22N4OS. The second-order valence-electron chi connectivity index (χ2n) is 6.14. The minimum absolute atomic E-state index is 0.0561. The van der Waals surface area contributed by atoms with Crippen LogP contribution in [-0.4, -0.2) is 26.8 Å². The number of anilines is 1. The molecule has 3 aromatic rings. The van der Waals surface area contributed by atoms with Crippen LogP contribution in [0.2, 0.25) is 0 Å². The number of nitrogens with zero attached hydrogens (tertiary/aromatic N) is 3. The summed E-state index contributed by atoms with van der Waals surface area (Å²) >= 11 is 1.36. The first-order valence-electron chi connectivity index (χ1n) is 9.00. The number of benzene rings is 1. The van der Waals surface area contributed by atoms with Crippen molar-refractivity contribution < 1.29 is 4.79 Å². The van der Waals surface area contributed by atoms with Crippen LogP contribution < -0.4 is 5.32 Å². The number of aryl methyl sites for hydroxylation is 1. The number of rotatable bonds is 8. The lowest BCUT2D eigenvalue weighted by molar-refractivity contribution is -0.113. The second-order valence-corrected chi connectivity index (χ2v) is 7.13. The minimum Gasteiger partial charge on any atom is -0.325 e. The van der Waals surface area contributed by atoms with Crippen molar-refractivity contribution in [2.75, 3.05) is 11.1 Å². The van der Waals surface area contributed by atoms with Crippen LogP contribution >= 0.6 is 11.8 Å². The van der Waals surface area contributed by atoms with E-state index in [1.807, 2.05) is 36.4 Å². The van der Waals surface area contributed by atoms with E-state index in [0.29, 0.717) is 10.8 Å². The van der Waals surface area contributed by atoms with Gasteiger partial charge in [-0.1, -0.05) is 37.2 Å². The molecule has 138 valence electrons. The molecule has 27 heavy (non-hydrogen) atoms. The highest BCUT2D eigenvalue weighted by atomic mass is 32.2. The van der Waals surface area contributed by atoms with Gasteiger partial charge in [-0.15, -0.1) is 10.2 Å². The Morgan fingerprint density at radius 2 is 1.93 bits per heavy atom. The summed E-state index contributed by atoms with van der Waals surface area (Å²) in [6.45, 7) is 2.18. The van der Waals surface area contributed by atoms with Gasteiger partial charge in [-0.3, -0.25) is 9.78 Å². The third-order valence-electron chi connectivity index (χ3n) is 4.01. The van der Waals surface area contributed by atoms with E-state index in [1.165, 1.54) is 30.2 Å². The lowest BCUT2D eigenvalue weighted by atomic mass is 10.1. The Kier molecular flexibility index (Phi) is 6.93. The summed E-state index contributed by atoms with van der Waals surface area (Å²) in [6.07, 6.45) is 6.91. The monoisotopic (exact) mass is 378 g/mol. The molecule has 0 aliphatic carbocycles. The van der Waals surface area contributed by atoms with E-state index in [2.05, 4.69) is 39.6 Å². The number of carbonyl (C=O) groups is 1. The van der Waals surface area contributed by atoms with Crippen LogP contribution in [0, 0.1) is 0 Å². The maximum atomic E-state index is 12.1. The van der Waals surface area contributed by atoms with Crippen molar-refractivity contribution in [2.45, 2.75) is 31.2 Å². The number of hydrogen-bond donors (Lipinski definition) is 1. The minimum atomic E-state index is -0.0561. The van der Waals surface area contributed by atoms with Gasteiger partial charge in [0.1, 0.15) is 5.03 Å². The molecule has 0 radical (unpaired) electrons. The predicted octanol–water partition coefficient (Wildman–Crippen LogP) is 4.61. The Morgan fingerprint density at radius 1 is 1.07 bits per heavy atom. The quantitative estimate of drug-likeness (QED) is 0.580. The van der Waals surface area contributed by atoms with E-state index in [9.17, 15) is 4.79 Å². The van der Waals surface area contributed by atoms with Crippen molar-refractivity contribution in [2.24, 2.45) is 0 Å². The first-order chi connectivity index (χ1) is 13.2. The van der Waals surface area contributed by atoms with Crippen molar-refractivity contribution in [3.05, 3.63) is 66.5 Å². The van der Waals surface area contributed by atoms with Gasteiger partial charge in [0.2, 0.25) is 5.91 Å². The smallest absolute Gasteiger partial charge is 0.234 e. The molecule has 0 saturated heterocycles. The highest BCUT2D eigenvalue weighted by Gasteiger charge is 2.06. The molecule has 0 unspecified atom stereocenters. The summed E-state index contributed by atoms with van der Waals surface area (Å²) in [5.41, 5.74) is 3.80. The maximum Gasteiger partial charge on any atom is 0.234 e. The average Bonchev–Trinajstić information content (AvgIpc) is 2.73. The Balaban J connectivity index is 1.49. The van der Waals surface area contributed by atoms with Gasteiger partial charge in [-0.25, -0.2) is 0 Å². The molecule has 2 aromatic heterocycles. The van der Waals surface area contributed by atoms with Gasteiger partial charge in [0, 0.05) is 23.6 Å². The number of carbonyl (C=O) groups excluding carboxylic acids is 1. The molecule has 0 aliphatic rings. The van der Waals surface area contributed by atoms with E-state index >= 15 is 0 Å². The van der Waals surface area contributed by atoms with E-state index in [0.717, 1.165) is 23.4 Å². The molecule has 1 aromatic carbocycles. The van der Waals surface area contributed by atoms with Gasteiger partial charge >= 0.3 is 0 Å². The molecule has 0 fully saturated rings. The molecule has 1 amide bonds. The van der Waals surface area contributed by atoms with Gasteiger partial charge in [0.25, 0.3) is 0 Å². The normalized spacial score (nSPS) is 10.6. The highest BCUT2D eigenvalue weighted by Crippen LogP contribution is 2.19. The van der Waals surface area contributed by atoms with Crippen LogP contribution in [0.4, 0.5) is 5.69 Å². The first-order valence-corrected chi connectivity index (χ1v) is 9.99. The lowest BCUT2D eigenvalue weighted by Crippen LogP contribution is -2.14. The molecule has 0 saturated carbocycles. The fourth-order valence-electron chi connectivity index (χ4n) is 2.54. The van der Waals surface area contributed by atoms with E-state index in [1.54, 1.807) is 12.4 Å². The van der Waals surface area contributed by atoms with Gasteiger partial charge in [0.05, 0.1) is 11.4 Å². The van der Waals surface area contributed by atoms with Crippen molar-refractivity contribution in [3.63, 3.8) is 0 Å². The van der Waals surface area contributed by atoms with Crippen LogP contribution in [0.3, 0.4) is 0 Å². The molecule has 0 atom stereocenters. The van der Waals surface area contributed by atoms with E-state index in [4.69, 9.17) is 0 Å². The summed E-state index contributed by atoms with van der Waals surface area (Å²) < 4.78 is 0. The Morgan fingerprint density at radius 3 is 2.59 bits per heavy atom. The Hall–Kier alpha value is -2.73. The Bertz CT molecular complexity index is 852. The summed E-state index contributed by atoms with van der Waals surface area (Å²) in [6, 6.07) is 15.6. The third-order valence-corrected chi connectivity index (χ3v) is 4.93. The van der Waals surface area contributed by atoms with Crippen LogP contribution in [0.15, 0.2) is 66.0 Å². The van der Waals surface area contributed by atoms with Crippen LogP contribution in [-0.2, 0) is 11.2 Å². The van der Waals surface area contributed by atoms with Crippen molar-refractivity contribution in [1.82, 2.24) is 15.2 Å². The van der Waals surface area contributed by atoms with Crippen molar-refractivity contribution >= 4 is 23.4 Å². The number of thioether (sulfide) groups is 1. The van der Waals surface area contributed by atoms with Gasteiger partial charge < -0.3 is 5.32 Å². The van der Waals surface area contributed by atoms with Crippen LogP contribution in [0.25, 0.3) is 11.3 Å². The third kappa shape index (κ3) is 5.89. The summed E-state index contributed by atoms with van der Waals surface area (Å²) in [5.74, 6) is 0.234. The van der Waals surface area contributed by atoms with Crippen LogP contribution in [0.5, 0.6) is 0 Å². The summed E-state index contributed by atoms with van der Waals surface area (Å²) in [7, 11) is 0. The molecule has 1 N–H and O–H groups in total. The standard InChI is InChI=1S/C21H22N4OS/c1-2-3-5-16-7-9-18(10-8-16)23-20(26)15-27-21-12-11-19(24-25-21)17-6-4-13-22-14-17/h4,6-14H,2-3,5,15H2,1H3,(H,23,26). The van der Waals surface area contributed by atoms with E-state index in [-0.39, 0.29) is 5.91 Å². The molecule has 5 nitrogen and oxygen atoms in total. The predicted molar refractivity (Wildman–Crippen MR) is 110 cm³/mol. The molecule has 0 spiro atoms. The number of aromatic nitrogens is 3. The average molecular weight is 379 g/mol. The molecule has 0 bridgehead atoms. The second kappa shape index (κ2) is 9.83. The zero-order chi connectivity index (χ0) is 18.9. The molecule has 0 aliphatic heterocycles. The summed E-state index contributed by atoms with van der Waals surface area (Å²) in [5, 5.41) is 12.0. The molecule has 3 rings (SSSR count). The summed E-state index contributed by atoms with van der Waals surface area (Å²) in [4.78, 5) is 16.2. The lowest BCUT2D eigenvalue weighted by Gasteiger charge is -2.06. The van der Waals surface area contributed by atoms with E-state index < -0.39 is 0 Å². The van der Waals surface area contributed by atoms with Gasteiger partial charge in [-0.2, -0.15) is 0 Å². The number of amides is 1. The zero-order valence-electron chi connectivity index (χ0n) is 15.3. The van der Waals surface area contributed by atoms with Crippen molar-refractivity contribution in [3.8, 4) is 11.3 Å². The van der Waals surface area contributed by atoms with Crippen LogP contribution in [0.1, 0.15) is 25.3 Å². The fraction of sp³-hybridized carbons (Fsp3) is 0.238. The van der Waals surface area contributed by atoms with Gasteiger partial charge in [-0.05, 0) is 54.8 Å². The van der Waals surface area contributed by atoms with Gasteiger partial charge in [0.15, 0.2) is 0 Å². The highest BCUT2D eigenvalue weighted by molar-refractivity contribution is 7.99. The molecule has 2 heterocycles. The topological polar surface area (TPSA) is 67.8 Å². The zero-order valence-corrected chi connectivity index (χ0v) is 16.1. The fourth-order valence-corrected chi connectivity index (χ4v) is 3.15. The largest absolute Gasteiger partial charge is 0.325 e.